The highest BCUT2D eigenvalue weighted by Crippen LogP contribution is 2.07. The number of carbonyl (C=O) groups is 1. The van der Waals surface area contributed by atoms with Crippen LogP contribution in [0.3, 0.4) is 0 Å². The molecule has 1 N–H and O–H groups in total. The van der Waals surface area contributed by atoms with E-state index in [1.54, 1.807) is 4.68 Å². The van der Waals surface area contributed by atoms with Gasteiger partial charge in [0, 0.05) is 13.0 Å². The Morgan fingerprint density at radius 2 is 1.94 bits per heavy atom. The highest BCUT2D eigenvalue weighted by Gasteiger charge is 2.07. The minimum atomic E-state index is -0.816. The van der Waals surface area contributed by atoms with Crippen molar-refractivity contribution in [2.45, 2.75) is 64.8 Å². The molecule has 0 saturated heterocycles. The molecule has 0 aliphatic rings. The Labute approximate surface area is 107 Å². The van der Waals surface area contributed by atoms with Gasteiger partial charge in [-0.3, -0.25) is 4.79 Å². The van der Waals surface area contributed by atoms with Gasteiger partial charge in [0.1, 0.15) is 0 Å². The Morgan fingerprint density at radius 3 is 2.67 bits per heavy atom. The van der Waals surface area contributed by atoms with Gasteiger partial charge in [0.05, 0.1) is 6.42 Å². The number of tetrazole rings is 1. The summed E-state index contributed by atoms with van der Waals surface area (Å²) in [4.78, 5) is 10.5. The zero-order valence-electron chi connectivity index (χ0n) is 11.0. The summed E-state index contributed by atoms with van der Waals surface area (Å²) in [5, 5.41) is 20.0. The van der Waals surface area contributed by atoms with Crippen LogP contribution in [0.25, 0.3) is 0 Å². The topological polar surface area (TPSA) is 80.9 Å². The van der Waals surface area contributed by atoms with Gasteiger partial charge in [-0.15, -0.1) is 5.10 Å². The number of aliphatic carboxylic acids is 1. The van der Waals surface area contributed by atoms with Crippen molar-refractivity contribution in [1.82, 2.24) is 20.2 Å². The summed E-state index contributed by atoms with van der Waals surface area (Å²) in [7, 11) is 0. The third-order valence-corrected chi connectivity index (χ3v) is 2.89. The lowest BCUT2D eigenvalue weighted by Gasteiger charge is -2.03. The van der Waals surface area contributed by atoms with E-state index in [4.69, 9.17) is 5.11 Å². The maximum absolute atomic E-state index is 10.5. The molecule has 1 heterocycles. The minimum Gasteiger partial charge on any atom is -0.481 e. The second-order valence-electron chi connectivity index (χ2n) is 4.48. The van der Waals surface area contributed by atoms with E-state index in [-0.39, 0.29) is 6.42 Å². The normalized spacial score (nSPS) is 10.7. The second-order valence-corrected chi connectivity index (χ2v) is 4.48. The van der Waals surface area contributed by atoms with E-state index in [1.165, 1.54) is 32.1 Å². The lowest BCUT2D eigenvalue weighted by molar-refractivity contribution is -0.137. The number of aryl methyl sites for hydroxylation is 2. The zero-order valence-corrected chi connectivity index (χ0v) is 11.0. The minimum absolute atomic E-state index is 0.0802. The van der Waals surface area contributed by atoms with Crippen molar-refractivity contribution in [1.29, 1.82) is 0 Å². The van der Waals surface area contributed by atoms with Gasteiger partial charge in [-0.25, -0.2) is 4.68 Å². The standard InChI is InChI=1S/C12H22N4O2/c1-2-3-4-5-6-7-10-16-11(13-14-15-16)8-9-12(17)18/h2-10H2,1H3,(H,17,18). The van der Waals surface area contributed by atoms with Crippen molar-refractivity contribution in [3.63, 3.8) is 0 Å². The molecule has 0 aliphatic heterocycles. The molecule has 1 aromatic rings. The van der Waals surface area contributed by atoms with Crippen LogP contribution < -0.4 is 0 Å². The maximum Gasteiger partial charge on any atom is 0.303 e. The van der Waals surface area contributed by atoms with E-state index in [1.807, 2.05) is 0 Å². The molecule has 0 bridgehead atoms. The summed E-state index contributed by atoms with van der Waals surface area (Å²) < 4.78 is 1.72. The Hall–Kier alpha value is -1.46. The maximum atomic E-state index is 10.5. The molecule has 0 fully saturated rings. The van der Waals surface area contributed by atoms with Gasteiger partial charge in [-0.1, -0.05) is 39.0 Å². The zero-order chi connectivity index (χ0) is 13.2. The van der Waals surface area contributed by atoms with Crippen LogP contribution in [0.1, 0.15) is 57.7 Å². The van der Waals surface area contributed by atoms with Crippen LogP contribution in [-0.4, -0.2) is 31.3 Å². The molecule has 1 aromatic heterocycles. The van der Waals surface area contributed by atoms with Crippen molar-refractivity contribution in [3.8, 4) is 0 Å². The fourth-order valence-corrected chi connectivity index (χ4v) is 1.84. The third kappa shape index (κ3) is 5.75. The van der Waals surface area contributed by atoms with E-state index in [0.29, 0.717) is 12.2 Å². The summed E-state index contributed by atoms with van der Waals surface area (Å²) >= 11 is 0. The van der Waals surface area contributed by atoms with Crippen LogP contribution in [0.4, 0.5) is 0 Å². The van der Waals surface area contributed by atoms with E-state index in [2.05, 4.69) is 22.4 Å². The monoisotopic (exact) mass is 254 g/mol. The Morgan fingerprint density at radius 1 is 1.22 bits per heavy atom. The summed E-state index contributed by atoms with van der Waals surface area (Å²) in [5.41, 5.74) is 0. The molecular formula is C12H22N4O2. The number of nitrogens with zero attached hydrogens (tertiary/aromatic N) is 4. The lowest BCUT2D eigenvalue weighted by Crippen LogP contribution is -2.08. The van der Waals surface area contributed by atoms with Crippen LogP contribution in [-0.2, 0) is 17.8 Å². The van der Waals surface area contributed by atoms with Crippen molar-refractivity contribution in [3.05, 3.63) is 5.82 Å². The molecule has 102 valence electrons. The SMILES string of the molecule is CCCCCCCCn1nnnc1CCC(=O)O. The largest absolute Gasteiger partial charge is 0.481 e. The summed E-state index contributed by atoms with van der Waals surface area (Å²) in [6.45, 7) is 2.99. The van der Waals surface area contributed by atoms with Gasteiger partial charge in [-0.2, -0.15) is 0 Å². The summed E-state index contributed by atoms with van der Waals surface area (Å²) in [6, 6.07) is 0. The van der Waals surface area contributed by atoms with E-state index < -0.39 is 5.97 Å². The molecular weight excluding hydrogens is 232 g/mol. The van der Waals surface area contributed by atoms with Gasteiger partial charge in [-0.05, 0) is 16.8 Å². The molecule has 0 amide bonds. The van der Waals surface area contributed by atoms with Crippen molar-refractivity contribution in [2.75, 3.05) is 0 Å². The Kier molecular flexibility index (Phi) is 6.98. The third-order valence-electron chi connectivity index (χ3n) is 2.89. The highest BCUT2D eigenvalue weighted by molar-refractivity contribution is 5.66. The highest BCUT2D eigenvalue weighted by atomic mass is 16.4. The molecule has 0 atom stereocenters. The molecule has 6 nitrogen and oxygen atoms in total. The predicted molar refractivity (Wildman–Crippen MR) is 67.1 cm³/mol. The van der Waals surface area contributed by atoms with Gasteiger partial charge >= 0.3 is 5.97 Å². The van der Waals surface area contributed by atoms with Crippen LogP contribution in [0.2, 0.25) is 0 Å². The van der Waals surface area contributed by atoms with Crippen molar-refractivity contribution >= 4 is 5.97 Å². The average Bonchev–Trinajstić information content (AvgIpc) is 2.78. The second kappa shape index (κ2) is 8.60. The Balaban J connectivity index is 2.21. The van der Waals surface area contributed by atoms with Crippen molar-refractivity contribution in [2.24, 2.45) is 0 Å². The average molecular weight is 254 g/mol. The Bertz CT molecular complexity index is 352. The number of carboxylic acids is 1. The smallest absolute Gasteiger partial charge is 0.303 e. The van der Waals surface area contributed by atoms with E-state index in [0.717, 1.165) is 13.0 Å². The first-order valence-corrected chi connectivity index (χ1v) is 6.71. The van der Waals surface area contributed by atoms with Crippen LogP contribution in [0.15, 0.2) is 0 Å². The molecule has 0 aliphatic carbocycles. The van der Waals surface area contributed by atoms with Gasteiger partial charge < -0.3 is 5.11 Å². The molecule has 6 heteroatoms. The summed E-state index contributed by atoms with van der Waals surface area (Å²) in [5.74, 6) is -0.143. The number of rotatable bonds is 10. The van der Waals surface area contributed by atoms with Gasteiger partial charge in [0.2, 0.25) is 0 Å². The molecule has 0 unspecified atom stereocenters. The van der Waals surface area contributed by atoms with Crippen LogP contribution in [0, 0.1) is 0 Å². The first-order chi connectivity index (χ1) is 8.74. The molecule has 1 rings (SSSR count). The molecule has 18 heavy (non-hydrogen) atoms. The lowest BCUT2D eigenvalue weighted by atomic mass is 10.1. The van der Waals surface area contributed by atoms with Crippen LogP contribution in [0.5, 0.6) is 0 Å². The van der Waals surface area contributed by atoms with Crippen LogP contribution >= 0.6 is 0 Å². The number of carboxylic acid groups (broad SMARTS) is 1. The van der Waals surface area contributed by atoms with Gasteiger partial charge in [0.25, 0.3) is 0 Å². The quantitative estimate of drug-likeness (QED) is 0.646. The fraction of sp³-hybridized carbons (Fsp3) is 0.833. The fourth-order valence-electron chi connectivity index (χ4n) is 1.84. The molecule has 0 radical (unpaired) electrons. The number of unbranched alkanes of at least 4 members (excludes halogenated alkanes) is 5. The van der Waals surface area contributed by atoms with E-state index >= 15 is 0 Å². The molecule has 0 spiro atoms. The van der Waals surface area contributed by atoms with Crippen molar-refractivity contribution < 1.29 is 9.90 Å². The number of hydrogen-bond acceptors (Lipinski definition) is 4. The first kappa shape index (κ1) is 14.6. The van der Waals surface area contributed by atoms with E-state index in [9.17, 15) is 4.79 Å². The molecule has 0 saturated carbocycles. The molecule has 0 aromatic carbocycles. The number of hydrogen-bond donors (Lipinski definition) is 1. The van der Waals surface area contributed by atoms with Gasteiger partial charge in [0.15, 0.2) is 5.82 Å². The first-order valence-electron chi connectivity index (χ1n) is 6.71. The number of aromatic nitrogens is 4. The summed E-state index contributed by atoms with van der Waals surface area (Å²) in [6.07, 6.45) is 7.81. The predicted octanol–water partition coefficient (Wildman–Crippen LogP) is 2.05.